The summed E-state index contributed by atoms with van der Waals surface area (Å²) in [5.41, 5.74) is 0.757. The van der Waals surface area contributed by atoms with E-state index in [1.807, 2.05) is 13.8 Å². The molecule has 0 amide bonds. The van der Waals surface area contributed by atoms with Crippen molar-refractivity contribution in [2.24, 2.45) is 0 Å². The van der Waals surface area contributed by atoms with Gasteiger partial charge in [0.2, 0.25) is 0 Å². The van der Waals surface area contributed by atoms with Gasteiger partial charge in [-0.15, -0.1) is 0 Å². The number of carboxylic acids is 1. The van der Waals surface area contributed by atoms with Crippen molar-refractivity contribution in [3.63, 3.8) is 0 Å². The summed E-state index contributed by atoms with van der Waals surface area (Å²) in [5.74, 6) is -1.56. The van der Waals surface area contributed by atoms with Crippen LogP contribution in [-0.4, -0.2) is 34.6 Å². The normalized spacial score (nSPS) is 22.6. The fourth-order valence-electron chi connectivity index (χ4n) is 1.87. The molecule has 0 radical (unpaired) electrons. The fraction of sp³-hybridized carbons (Fsp3) is 0.500. The molecule has 2 rings (SSSR count). The smallest absolute Gasteiger partial charge is 0.337 e. The zero-order valence-corrected chi connectivity index (χ0v) is 9.84. The van der Waals surface area contributed by atoms with E-state index in [-0.39, 0.29) is 11.7 Å². The van der Waals surface area contributed by atoms with Gasteiger partial charge in [0.15, 0.2) is 5.79 Å². The molecule has 17 heavy (non-hydrogen) atoms. The number of rotatable bonds is 3. The molecule has 1 aliphatic rings. The molecule has 0 bridgehead atoms. The van der Waals surface area contributed by atoms with E-state index >= 15 is 0 Å². The molecule has 0 spiro atoms. The zero-order valence-electron chi connectivity index (χ0n) is 9.84. The third-order valence-electron chi connectivity index (χ3n) is 2.61. The predicted molar refractivity (Wildman–Crippen MR) is 59.8 cm³/mol. The standard InChI is InChI=1S/C12H15NO4/c1-12(2)16-7-8(17-12)6-10-9(11(14)15)4-3-5-13-10/h3-5,8H,6-7H2,1-2H3,(H,14,15). The van der Waals surface area contributed by atoms with Gasteiger partial charge in [0.05, 0.1) is 24.0 Å². The summed E-state index contributed by atoms with van der Waals surface area (Å²) < 4.78 is 11.1. The van der Waals surface area contributed by atoms with Gasteiger partial charge in [-0.1, -0.05) is 0 Å². The first-order chi connectivity index (χ1) is 7.98. The Morgan fingerprint density at radius 3 is 3.00 bits per heavy atom. The lowest BCUT2D eigenvalue weighted by molar-refractivity contribution is -0.138. The lowest BCUT2D eigenvalue weighted by Crippen LogP contribution is -2.23. The lowest BCUT2D eigenvalue weighted by Gasteiger charge is -2.17. The van der Waals surface area contributed by atoms with Crippen LogP contribution >= 0.6 is 0 Å². The van der Waals surface area contributed by atoms with Crippen molar-refractivity contribution in [3.05, 3.63) is 29.6 Å². The Hall–Kier alpha value is -1.46. The average molecular weight is 237 g/mol. The number of hydrogen-bond donors (Lipinski definition) is 1. The monoisotopic (exact) mass is 237 g/mol. The van der Waals surface area contributed by atoms with Crippen LogP contribution in [0.25, 0.3) is 0 Å². The zero-order chi connectivity index (χ0) is 12.5. The van der Waals surface area contributed by atoms with Gasteiger partial charge in [0.25, 0.3) is 0 Å². The maximum atomic E-state index is 11.0. The van der Waals surface area contributed by atoms with Gasteiger partial charge < -0.3 is 14.6 Å². The summed E-state index contributed by atoms with van der Waals surface area (Å²) in [5, 5.41) is 9.03. The Morgan fingerprint density at radius 2 is 2.41 bits per heavy atom. The average Bonchev–Trinajstić information content (AvgIpc) is 2.58. The van der Waals surface area contributed by atoms with Crippen molar-refractivity contribution < 1.29 is 19.4 Å². The second-order valence-corrected chi connectivity index (χ2v) is 4.46. The van der Waals surface area contributed by atoms with Crippen molar-refractivity contribution in [1.82, 2.24) is 4.98 Å². The molecule has 1 N–H and O–H groups in total. The number of carbonyl (C=O) groups is 1. The molecular weight excluding hydrogens is 222 g/mol. The van der Waals surface area contributed by atoms with E-state index in [1.165, 1.54) is 0 Å². The molecule has 1 atom stereocenters. The minimum atomic E-state index is -0.966. The van der Waals surface area contributed by atoms with Crippen LogP contribution in [0.1, 0.15) is 29.9 Å². The molecule has 1 fully saturated rings. The lowest BCUT2D eigenvalue weighted by atomic mass is 10.1. The molecule has 0 aliphatic carbocycles. The summed E-state index contributed by atoms with van der Waals surface area (Å²) in [6.45, 7) is 4.13. The Labute approximate surface area is 99.4 Å². The van der Waals surface area contributed by atoms with E-state index < -0.39 is 11.8 Å². The van der Waals surface area contributed by atoms with E-state index in [1.54, 1.807) is 18.3 Å². The Kier molecular flexibility index (Phi) is 3.13. The fourth-order valence-corrected chi connectivity index (χ4v) is 1.87. The highest BCUT2D eigenvalue weighted by atomic mass is 16.7. The highest BCUT2D eigenvalue weighted by Gasteiger charge is 2.33. The van der Waals surface area contributed by atoms with Gasteiger partial charge in [0.1, 0.15) is 0 Å². The molecule has 5 nitrogen and oxygen atoms in total. The number of aromatic nitrogens is 1. The molecule has 1 unspecified atom stereocenters. The Morgan fingerprint density at radius 1 is 1.65 bits per heavy atom. The maximum Gasteiger partial charge on any atom is 0.337 e. The second-order valence-electron chi connectivity index (χ2n) is 4.46. The molecule has 1 aromatic rings. The van der Waals surface area contributed by atoms with Crippen molar-refractivity contribution >= 4 is 5.97 Å². The molecule has 0 saturated carbocycles. The molecule has 5 heteroatoms. The van der Waals surface area contributed by atoms with Gasteiger partial charge in [-0.25, -0.2) is 4.79 Å². The first-order valence-corrected chi connectivity index (χ1v) is 5.47. The van der Waals surface area contributed by atoms with E-state index in [9.17, 15) is 4.79 Å². The van der Waals surface area contributed by atoms with Gasteiger partial charge in [0, 0.05) is 12.6 Å². The Bertz CT molecular complexity index is 430. The van der Waals surface area contributed by atoms with Crippen LogP contribution in [0.5, 0.6) is 0 Å². The number of ether oxygens (including phenoxy) is 2. The van der Waals surface area contributed by atoms with Gasteiger partial charge >= 0.3 is 5.97 Å². The maximum absolute atomic E-state index is 11.0. The number of pyridine rings is 1. The second kappa shape index (κ2) is 4.43. The van der Waals surface area contributed by atoms with Crippen LogP contribution in [0.2, 0.25) is 0 Å². The van der Waals surface area contributed by atoms with Gasteiger partial charge in [-0.05, 0) is 26.0 Å². The predicted octanol–water partition coefficient (Wildman–Crippen LogP) is 1.47. The number of aromatic carboxylic acids is 1. The van der Waals surface area contributed by atoms with Crippen LogP contribution in [0.4, 0.5) is 0 Å². The molecule has 92 valence electrons. The van der Waals surface area contributed by atoms with Crippen LogP contribution in [0, 0.1) is 0 Å². The SMILES string of the molecule is CC1(C)OCC(Cc2ncccc2C(=O)O)O1. The van der Waals surface area contributed by atoms with E-state index in [4.69, 9.17) is 14.6 Å². The number of nitrogens with zero attached hydrogens (tertiary/aromatic N) is 1. The molecule has 0 aromatic carbocycles. The van der Waals surface area contributed by atoms with E-state index in [0.717, 1.165) is 0 Å². The highest BCUT2D eigenvalue weighted by molar-refractivity contribution is 5.88. The topological polar surface area (TPSA) is 68.7 Å². The summed E-state index contributed by atoms with van der Waals surface area (Å²) in [6.07, 6.45) is 1.90. The van der Waals surface area contributed by atoms with Crippen LogP contribution in [-0.2, 0) is 15.9 Å². The third-order valence-corrected chi connectivity index (χ3v) is 2.61. The van der Waals surface area contributed by atoms with Crippen LogP contribution < -0.4 is 0 Å². The van der Waals surface area contributed by atoms with Crippen LogP contribution in [0.3, 0.4) is 0 Å². The molecule has 1 aromatic heterocycles. The highest BCUT2D eigenvalue weighted by Crippen LogP contribution is 2.24. The minimum Gasteiger partial charge on any atom is -0.478 e. The summed E-state index contributed by atoms with van der Waals surface area (Å²) in [6, 6.07) is 3.16. The summed E-state index contributed by atoms with van der Waals surface area (Å²) >= 11 is 0. The molecule has 2 heterocycles. The molecule has 1 saturated heterocycles. The largest absolute Gasteiger partial charge is 0.478 e. The number of hydrogen-bond acceptors (Lipinski definition) is 4. The first kappa shape index (κ1) is 12.0. The summed E-state index contributed by atoms with van der Waals surface area (Å²) in [4.78, 5) is 15.1. The Balaban J connectivity index is 2.12. The van der Waals surface area contributed by atoms with Crippen LogP contribution in [0.15, 0.2) is 18.3 Å². The first-order valence-electron chi connectivity index (χ1n) is 5.47. The van der Waals surface area contributed by atoms with Crippen molar-refractivity contribution in [2.75, 3.05) is 6.61 Å². The van der Waals surface area contributed by atoms with E-state index in [2.05, 4.69) is 4.98 Å². The van der Waals surface area contributed by atoms with Crippen molar-refractivity contribution in [1.29, 1.82) is 0 Å². The molecule has 1 aliphatic heterocycles. The summed E-state index contributed by atoms with van der Waals surface area (Å²) in [7, 11) is 0. The van der Waals surface area contributed by atoms with Crippen molar-refractivity contribution in [3.8, 4) is 0 Å². The van der Waals surface area contributed by atoms with Crippen molar-refractivity contribution in [2.45, 2.75) is 32.2 Å². The van der Waals surface area contributed by atoms with E-state index in [0.29, 0.717) is 18.7 Å². The third kappa shape index (κ3) is 2.81. The quantitative estimate of drug-likeness (QED) is 0.862. The van der Waals surface area contributed by atoms with Gasteiger partial charge in [-0.2, -0.15) is 0 Å². The number of carboxylic acid groups (broad SMARTS) is 1. The molecular formula is C12H15NO4. The van der Waals surface area contributed by atoms with Gasteiger partial charge in [-0.3, -0.25) is 4.98 Å². The minimum absolute atomic E-state index is 0.141.